The number of aliphatic carboxylic acids is 1. The molecular weight excluding hydrogens is 226 g/mol. The molecule has 0 spiro atoms. The zero-order valence-electron chi connectivity index (χ0n) is 10.7. The van der Waals surface area contributed by atoms with Gasteiger partial charge in [-0.2, -0.15) is 0 Å². The van der Waals surface area contributed by atoms with Crippen LogP contribution in [0.3, 0.4) is 0 Å². The number of hydrogen-bond donors (Lipinski definition) is 2. The molecule has 98 valence electrons. The molecule has 2 N–H and O–H groups in total. The molecule has 0 amide bonds. The zero-order chi connectivity index (χ0) is 12.8. The molecule has 0 fully saturated rings. The second-order valence-electron chi connectivity index (χ2n) is 4.99. The van der Waals surface area contributed by atoms with Gasteiger partial charge in [0.05, 0.1) is 0 Å². The molecule has 1 aliphatic carbocycles. The molecule has 0 saturated heterocycles. The standard InChI is InChI=1S/C15H21NO2/c17-15(18)9-4-10-16-11-13-7-3-6-12-5-1-2-8-14(12)13/h1-2,5,8,13,16H,3-4,6-7,9-11H2,(H,17,18). The summed E-state index contributed by atoms with van der Waals surface area (Å²) in [5.41, 5.74) is 2.97. The number of benzene rings is 1. The molecule has 1 atom stereocenters. The molecule has 1 unspecified atom stereocenters. The van der Waals surface area contributed by atoms with Crippen molar-refractivity contribution < 1.29 is 9.90 Å². The van der Waals surface area contributed by atoms with Gasteiger partial charge in [-0.25, -0.2) is 0 Å². The first-order valence-corrected chi connectivity index (χ1v) is 6.77. The number of hydrogen-bond acceptors (Lipinski definition) is 2. The molecule has 0 heterocycles. The molecule has 0 saturated carbocycles. The molecule has 1 aromatic carbocycles. The van der Waals surface area contributed by atoms with Gasteiger partial charge < -0.3 is 10.4 Å². The van der Waals surface area contributed by atoms with Crippen molar-refractivity contribution in [3.8, 4) is 0 Å². The number of rotatable bonds is 6. The minimum atomic E-state index is -0.709. The SMILES string of the molecule is O=C(O)CCCNCC1CCCc2ccccc21. The maximum atomic E-state index is 10.4. The van der Waals surface area contributed by atoms with Gasteiger partial charge in [0.25, 0.3) is 0 Å². The highest BCUT2D eigenvalue weighted by Crippen LogP contribution is 2.30. The first-order chi connectivity index (χ1) is 8.77. The Hall–Kier alpha value is -1.35. The number of carboxylic acid groups (broad SMARTS) is 1. The molecular formula is C15H21NO2. The van der Waals surface area contributed by atoms with E-state index in [0.717, 1.165) is 13.1 Å². The van der Waals surface area contributed by atoms with E-state index in [9.17, 15) is 4.79 Å². The normalized spacial score (nSPS) is 18.3. The van der Waals surface area contributed by atoms with E-state index >= 15 is 0 Å². The Labute approximate surface area is 108 Å². The van der Waals surface area contributed by atoms with Crippen molar-refractivity contribution in [1.82, 2.24) is 5.32 Å². The summed E-state index contributed by atoms with van der Waals surface area (Å²) in [6, 6.07) is 8.69. The van der Waals surface area contributed by atoms with Crippen LogP contribution in [0.15, 0.2) is 24.3 Å². The molecule has 0 radical (unpaired) electrons. The van der Waals surface area contributed by atoms with E-state index in [1.807, 2.05) is 0 Å². The van der Waals surface area contributed by atoms with E-state index in [1.54, 1.807) is 0 Å². The van der Waals surface area contributed by atoms with E-state index in [-0.39, 0.29) is 6.42 Å². The number of nitrogens with one attached hydrogen (secondary N) is 1. The van der Waals surface area contributed by atoms with Crippen LogP contribution in [0, 0.1) is 0 Å². The van der Waals surface area contributed by atoms with E-state index in [1.165, 1.54) is 30.4 Å². The second-order valence-corrected chi connectivity index (χ2v) is 4.99. The van der Waals surface area contributed by atoms with Gasteiger partial charge in [-0.15, -0.1) is 0 Å². The molecule has 0 aliphatic heterocycles. The smallest absolute Gasteiger partial charge is 0.303 e. The van der Waals surface area contributed by atoms with Crippen molar-refractivity contribution in [3.05, 3.63) is 35.4 Å². The average molecular weight is 247 g/mol. The zero-order valence-corrected chi connectivity index (χ0v) is 10.7. The van der Waals surface area contributed by atoms with Crippen LogP contribution in [0.2, 0.25) is 0 Å². The van der Waals surface area contributed by atoms with E-state index in [2.05, 4.69) is 29.6 Å². The fourth-order valence-corrected chi connectivity index (χ4v) is 2.71. The van der Waals surface area contributed by atoms with Gasteiger partial charge in [-0.05, 0) is 49.3 Å². The largest absolute Gasteiger partial charge is 0.481 e. The lowest BCUT2D eigenvalue weighted by Crippen LogP contribution is -2.25. The Balaban J connectivity index is 1.79. The molecule has 3 nitrogen and oxygen atoms in total. The topological polar surface area (TPSA) is 49.3 Å². The molecule has 1 aliphatic rings. The fraction of sp³-hybridized carbons (Fsp3) is 0.533. The van der Waals surface area contributed by atoms with Crippen LogP contribution in [-0.2, 0) is 11.2 Å². The van der Waals surface area contributed by atoms with Gasteiger partial charge in [-0.3, -0.25) is 4.79 Å². The van der Waals surface area contributed by atoms with Crippen molar-refractivity contribution in [1.29, 1.82) is 0 Å². The molecule has 0 bridgehead atoms. The average Bonchev–Trinajstić information content (AvgIpc) is 2.38. The summed E-state index contributed by atoms with van der Waals surface area (Å²) < 4.78 is 0. The monoisotopic (exact) mass is 247 g/mol. The summed E-state index contributed by atoms with van der Waals surface area (Å²) in [5, 5.41) is 12.0. The molecule has 0 aromatic heterocycles. The van der Waals surface area contributed by atoms with Crippen LogP contribution in [0.25, 0.3) is 0 Å². The molecule has 2 rings (SSSR count). The number of carbonyl (C=O) groups is 1. The maximum absolute atomic E-state index is 10.4. The third kappa shape index (κ3) is 3.57. The Morgan fingerprint density at radius 1 is 1.39 bits per heavy atom. The summed E-state index contributed by atoms with van der Waals surface area (Å²) >= 11 is 0. The first-order valence-electron chi connectivity index (χ1n) is 6.77. The van der Waals surface area contributed by atoms with Gasteiger partial charge >= 0.3 is 5.97 Å². The fourth-order valence-electron chi connectivity index (χ4n) is 2.71. The van der Waals surface area contributed by atoms with Crippen molar-refractivity contribution in [2.45, 2.75) is 38.0 Å². The minimum Gasteiger partial charge on any atom is -0.481 e. The molecule has 18 heavy (non-hydrogen) atoms. The van der Waals surface area contributed by atoms with Gasteiger partial charge in [0.1, 0.15) is 0 Å². The van der Waals surface area contributed by atoms with Gasteiger partial charge in [0.15, 0.2) is 0 Å². The predicted molar refractivity (Wildman–Crippen MR) is 71.9 cm³/mol. The Kier molecular flexibility index (Phi) is 4.76. The number of carboxylic acids is 1. The highest BCUT2D eigenvalue weighted by atomic mass is 16.4. The lowest BCUT2D eigenvalue weighted by Gasteiger charge is -2.25. The van der Waals surface area contributed by atoms with E-state index in [0.29, 0.717) is 12.3 Å². The predicted octanol–water partition coefficient (Wildman–Crippen LogP) is 2.56. The van der Waals surface area contributed by atoms with Crippen LogP contribution >= 0.6 is 0 Å². The summed E-state index contributed by atoms with van der Waals surface area (Å²) in [4.78, 5) is 10.4. The first kappa shape index (κ1) is 13.1. The Bertz CT molecular complexity index is 403. The second kappa shape index (κ2) is 6.55. The number of aryl methyl sites for hydroxylation is 1. The van der Waals surface area contributed by atoms with Crippen molar-refractivity contribution in [2.24, 2.45) is 0 Å². The van der Waals surface area contributed by atoms with Crippen LogP contribution < -0.4 is 5.32 Å². The highest BCUT2D eigenvalue weighted by molar-refractivity contribution is 5.66. The number of fused-ring (bicyclic) bond motifs is 1. The third-order valence-electron chi connectivity index (χ3n) is 3.63. The van der Waals surface area contributed by atoms with Crippen molar-refractivity contribution >= 4 is 5.97 Å². The Morgan fingerprint density at radius 2 is 2.22 bits per heavy atom. The third-order valence-corrected chi connectivity index (χ3v) is 3.63. The van der Waals surface area contributed by atoms with Crippen LogP contribution in [0.5, 0.6) is 0 Å². The van der Waals surface area contributed by atoms with E-state index < -0.39 is 5.97 Å². The lowest BCUT2D eigenvalue weighted by molar-refractivity contribution is -0.137. The van der Waals surface area contributed by atoms with Gasteiger partial charge in [0.2, 0.25) is 0 Å². The lowest BCUT2D eigenvalue weighted by atomic mass is 9.83. The molecule has 3 heteroatoms. The van der Waals surface area contributed by atoms with E-state index in [4.69, 9.17) is 5.11 Å². The summed E-state index contributed by atoms with van der Waals surface area (Å²) in [6.07, 6.45) is 4.67. The summed E-state index contributed by atoms with van der Waals surface area (Å²) in [5.74, 6) is -0.111. The van der Waals surface area contributed by atoms with Crippen molar-refractivity contribution in [3.63, 3.8) is 0 Å². The van der Waals surface area contributed by atoms with Crippen LogP contribution in [-0.4, -0.2) is 24.2 Å². The molecule has 1 aromatic rings. The Morgan fingerprint density at radius 3 is 3.06 bits per heavy atom. The summed E-state index contributed by atoms with van der Waals surface area (Å²) in [6.45, 7) is 1.77. The minimum absolute atomic E-state index is 0.258. The van der Waals surface area contributed by atoms with Crippen LogP contribution in [0.1, 0.15) is 42.7 Å². The van der Waals surface area contributed by atoms with Gasteiger partial charge in [-0.1, -0.05) is 24.3 Å². The maximum Gasteiger partial charge on any atom is 0.303 e. The quantitative estimate of drug-likeness (QED) is 0.760. The van der Waals surface area contributed by atoms with Crippen LogP contribution in [0.4, 0.5) is 0 Å². The van der Waals surface area contributed by atoms with Crippen molar-refractivity contribution in [2.75, 3.05) is 13.1 Å². The highest BCUT2D eigenvalue weighted by Gasteiger charge is 2.18. The summed E-state index contributed by atoms with van der Waals surface area (Å²) in [7, 11) is 0. The van der Waals surface area contributed by atoms with Gasteiger partial charge in [0, 0.05) is 13.0 Å².